The van der Waals surface area contributed by atoms with Crippen molar-refractivity contribution in [2.24, 2.45) is 4.99 Å². The summed E-state index contributed by atoms with van der Waals surface area (Å²) in [6.45, 7) is 0. The number of aliphatic imine (C=N–C) groups is 1. The van der Waals surface area contributed by atoms with Crippen LogP contribution in [0.4, 0.5) is 5.69 Å². The van der Waals surface area contributed by atoms with E-state index >= 15 is 0 Å². The molecule has 11 aromatic rings. The van der Waals surface area contributed by atoms with Gasteiger partial charge in [-0.1, -0.05) is 121 Å². The van der Waals surface area contributed by atoms with Gasteiger partial charge in [0.25, 0.3) is 0 Å². The third kappa shape index (κ3) is 4.08. The highest BCUT2D eigenvalue weighted by Crippen LogP contribution is 2.44. The molecular formula is C48H30N4S. The molecule has 1 aliphatic rings. The standard InChI is InChI=1S/C48H30N4S/c1-2-14-30(15-3-1)51-40-22-10-7-17-32(40)37-27-38-33-18-8-11-23-41(33)52(43(38)28-42(37)51)48-49-39-21-9-6-19-34(39)46(50-48)35-20-12-24-44-45(35)36-26-25-29-13-4-5-16-31(29)47(36)53-44/h1-28,48-49H. The molecule has 0 aliphatic carbocycles. The van der Waals surface area contributed by atoms with Gasteiger partial charge in [0.15, 0.2) is 0 Å². The summed E-state index contributed by atoms with van der Waals surface area (Å²) in [5, 5.41) is 13.9. The number of hydrogen-bond acceptors (Lipinski definition) is 3. The number of aromatic nitrogens is 2. The van der Waals surface area contributed by atoms with E-state index in [4.69, 9.17) is 4.99 Å². The summed E-state index contributed by atoms with van der Waals surface area (Å²) < 4.78 is 7.41. The maximum absolute atomic E-state index is 5.70. The molecule has 0 fully saturated rings. The number of nitrogens with one attached hydrogen (secondary N) is 1. The van der Waals surface area contributed by atoms with Crippen LogP contribution in [0.1, 0.15) is 17.4 Å². The molecule has 53 heavy (non-hydrogen) atoms. The lowest BCUT2D eigenvalue weighted by molar-refractivity contribution is 0.625. The summed E-state index contributed by atoms with van der Waals surface area (Å²) >= 11 is 1.88. The molecule has 1 unspecified atom stereocenters. The molecule has 0 radical (unpaired) electrons. The van der Waals surface area contributed by atoms with E-state index in [1.807, 2.05) is 11.3 Å². The Morgan fingerprint density at radius 3 is 2.08 bits per heavy atom. The van der Waals surface area contributed by atoms with Crippen molar-refractivity contribution in [2.45, 2.75) is 6.29 Å². The number of fused-ring (bicyclic) bond motifs is 12. The Kier molecular flexibility index (Phi) is 5.96. The van der Waals surface area contributed by atoms with Crippen LogP contribution in [0.5, 0.6) is 0 Å². The molecule has 5 heteroatoms. The summed E-state index contributed by atoms with van der Waals surface area (Å²) in [6, 6.07) is 61.6. The summed E-state index contributed by atoms with van der Waals surface area (Å²) in [6.07, 6.45) is -0.379. The lowest BCUT2D eigenvalue weighted by atomic mass is 9.94. The summed E-state index contributed by atoms with van der Waals surface area (Å²) in [4.78, 5) is 5.70. The van der Waals surface area contributed by atoms with Crippen LogP contribution >= 0.6 is 11.3 Å². The largest absolute Gasteiger partial charge is 0.346 e. The number of para-hydroxylation sites is 4. The van der Waals surface area contributed by atoms with Gasteiger partial charge in [-0.3, -0.25) is 0 Å². The van der Waals surface area contributed by atoms with Crippen LogP contribution in [0, 0.1) is 0 Å². The van der Waals surface area contributed by atoms with Crippen LogP contribution in [0.3, 0.4) is 0 Å². The number of anilines is 1. The molecule has 1 aliphatic heterocycles. The minimum atomic E-state index is -0.379. The molecule has 8 aromatic carbocycles. The van der Waals surface area contributed by atoms with Gasteiger partial charge >= 0.3 is 0 Å². The Balaban J connectivity index is 1.15. The molecule has 1 N–H and O–H groups in total. The van der Waals surface area contributed by atoms with Gasteiger partial charge in [0, 0.05) is 64.2 Å². The van der Waals surface area contributed by atoms with E-state index in [0.29, 0.717) is 0 Å². The molecule has 3 aromatic heterocycles. The van der Waals surface area contributed by atoms with Crippen molar-refractivity contribution in [1.29, 1.82) is 0 Å². The fraction of sp³-hybridized carbons (Fsp3) is 0.0208. The molecule has 4 heterocycles. The Hall–Kier alpha value is -6.69. The van der Waals surface area contributed by atoms with Gasteiger partial charge in [-0.15, -0.1) is 11.3 Å². The number of nitrogens with zero attached hydrogens (tertiary/aromatic N) is 3. The Labute approximate surface area is 308 Å². The van der Waals surface area contributed by atoms with Crippen molar-refractivity contribution >= 4 is 97.3 Å². The minimum absolute atomic E-state index is 0.379. The highest BCUT2D eigenvalue weighted by Gasteiger charge is 2.28. The van der Waals surface area contributed by atoms with Gasteiger partial charge in [0.2, 0.25) is 6.29 Å². The van der Waals surface area contributed by atoms with Gasteiger partial charge in [0.1, 0.15) is 0 Å². The maximum Gasteiger partial charge on any atom is 0.201 e. The smallest absolute Gasteiger partial charge is 0.201 e. The van der Waals surface area contributed by atoms with Crippen molar-refractivity contribution in [2.75, 3.05) is 5.32 Å². The summed E-state index contributed by atoms with van der Waals surface area (Å²) in [5.74, 6) is 0. The average molecular weight is 695 g/mol. The van der Waals surface area contributed by atoms with Crippen molar-refractivity contribution < 1.29 is 0 Å². The first-order chi connectivity index (χ1) is 26.3. The zero-order valence-electron chi connectivity index (χ0n) is 28.5. The SMILES string of the molecule is c1ccc(-n2c3ccccc3c3cc4c5ccccc5n(C5N=C(c6cccc7sc8c9ccccc9ccc8c67)c6ccccc6N5)c4cc32)cc1. The third-order valence-corrected chi connectivity index (χ3v) is 12.3. The topological polar surface area (TPSA) is 34.2 Å². The molecule has 4 nitrogen and oxygen atoms in total. The van der Waals surface area contributed by atoms with E-state index in [0.717, 1.165) is 39.2 Å². The van der Waals surface area contributed by atoms with Crippen LogP contribution in [-0.4, -0.2) is 14.8 Å². The first-order valence-corrected chi connectivity index (χ1v) is 18.9. The molecular weight excluding hydrogens is 665 g/mol. The van der Waals surface area contributed by atoms with Crippen molar-refractivity contribution in [1.82, 2.24) is 9.13 Å². The van der Waals surface area contributed by atoms with Crippen molar-refractivity contribution in [3.8, 4) is 5.69 Å². The first kappa shape index (κ1) is 28.9. The zero-order chi connectivity index (χ0) is 34.6. The van der Waals surface area contributed by atoms with E-state index in [1.54, 1.807) is 0 Å². The molecule has 0 spiro atoms. The molecule has 12 rings (SSSR count). The maximum atomic E-state index is 5.70. The average Bonchev–Trinajstić information content (AvgIpc) is 3.87. The fourth-order valence-electron chi connectivity index (χ4n) is 8.85. The van der Waals surface area contributed by atoms with Gasteiger partial charge in [-0.2, -0.15) is 0 Å². The predicted octanol–water partition coefficient (Wildman–Crippen LogP) is 12.8. The van der Waals surface area contributed by atoms with Crippen molar-refractivity contribution in [3.05, 3.63) is 181 Å². The fourth-order valence-corrected chi connectivity index (χ4v) is 10.1. The molecule has 0 amide bonds. The van der Waals surface area contributed by atoms with E-state index in [-0.39, 0.29) is 6.29 Å². The second-order valence-electron chi connectivity index (χ2n) is 13.9. The second kappa shape index (κ2) is 10.9. The minimum Gasteiger partial charge on any atom is -0.346 e. The molecule has 248 valence electrons. The van der Waals surface area contributed by atoms with Crippen LogP contribution in [0.25, 0.3) is 80.2 Å². The molecule has 0 bridgehead atoms. The van der Waals surface area contributed by atoms with Gasteiger partial charge < -0.3 is 14.5 Å². The Morgan fingerprint density at radius 2 is 1.19 bits per heavy atom. The van der Waals surface area contributed by atoms with Crippen LogP contribution < -0.4 is 5.32 Å². The summed E-state index contributed by atoms with van der Waals surface area (Å²) in [7, 11) is 0. The second-order valence-corrected chi connectivity index (χ2v) is 15.0. The predicted molar refractivity (Wildman–Crippen MR) is 225 cm³/mol. The highest BCUT2D eigenvalue weighted by molar-refractivity contribution is 7.26. The van der Waals surface area contributed by atoms with E-state index in [2.05, 4.69) is 184 Å². The monoisotopic (exact) mass is 694 g/mol. The number of rotatable bonds is 3. The number of benzene rings is 8. The third-order valence-electron chi connectivity index (χ3n) is 11.1. The Bertz CT molecular complexity index is 3330. The molecule has 1 atom stereocenters. The van der Waals surface area contributed by atoms with Crippen LogP contribution in [0.15, 0.2) is 175 Å². The molecule has 0 saturated carbocycles. The van der Waals surface area contributed by atoms with Gasteiger partial charge in [-0.05, 0) is 59.3 Å². The normalized spacial score (nSPS) is 14.5. The highest BCUT2D eigenvalue weighted by atomic mass is 32.1. The lowest BCUT2D eigenvalue weighted by Gasteiger charge is -2.28. The van der Waals surface area contributed by atoms with Crippen molar-refractivity contribution in [3.63, 3.8) is 0 Å². The van der Waals surface area contributed by atoms with E-state index < -0.39 is 0 Å². The molecule has 0 saturated heterocycles. The van der Waals surface area contributed by atoms with E-state index in [9.17, 15) is 0 Å². The van der Waals surface area contributed by atoms with Crippen LogP contribution in [0.2, 0.25) is 0 Å². The lowest BCUT2D eigenvalue weighted by Crippen LogP contribution is -2.25. The van der Waals surface area contributed by atoms with Gasteiger partial charge in [0.05, 0.1) is 27.8 Å². The quantitative estimate of drug-likeness (QED) is 0.196. The summed E-state index contributed by atoms with van der Waals surface area (Å²) in [5.41, 5.74) is 10.2. The Morgan fingerprint density at radius 1 is 0.491 bits per heavy atom. The van der Waals surface area contributed by atoms with E-state index in [1.165, 1.54) is 63.5 Å². The van der Waals surface area contributed by atoms with Gasteiger partial charge in [-0.25, -0.2) is 4.99 Å². The van der Waals surface area contributed by atoms with Crippen LogP contribution in [-0.2, 0) is 0 Å². The number of thiophene rings is 1. The first-order valence-electron chi connectivity index (χ1n) is 18.1. The number of hydrogen-bond donors (Lipinski definition) is 1. The zero-order valence-corrected chi connectivity index (χ0v) is 29.3.